The van der Waals surface area contributed by atoms with Crippen LogP contribution in [0.3, 0.4) is 0 Å². The Bertz CT molecular complexity index is 536. The van der Waals surface area contributed by atoms with Gasteiger partial charge in [0.15, 0.2) is 9.84 Å². The van der Waals surface area contributed by atoms with E-state index in [1.807, 2.05) is 0 Å². The molecule has 1 aliphatic heterocycles. The largest absolute Gasteiger partial charge is 0.508 e. The van der Waals surface area contributed by atoms with Crippen LogP contribution < -0.4 is 5.32 Å². The van der Waals surface area contributed by atoms with E-state index in [9.17, 15) is 13.2 Å². The monoisotopic (exact) mass is 269 g/mol. The first kappa shape index (κ1) is 12.9. The maximum Gasteiger partial charge on any atom is 0.251 e. The third-order valence-electron chi connectivity index (χ3n) is 3.08. The highest BCUT2D eigenvalue weighted by Gasteiger charge is 2.31. The summed E-state index contributed by atoms with van der Waals surface area (Å²) in [6.45, 7) is 0.155. The standard InChI is InChI=1S/C12H15NO4S/c14-10-5-3-9(4-6-10)12(15)13-8-11-2-1-7-18(11,16)17/h3-6,11,14H,1-2,7-8H2,(H,13,15). The minimum Gasteiger partial charge on any atom is -0.508 e. The van der Waals surface area contributed by atoms with Crippen LogP contribution in [0.15, 0.2) is 24.3 Å². The summed E-state index contributed by atoms with van der Waals surface area (Å²) in [5.41, 5.74) is 0.406. The van der Waals surface area contributed by atoms with Gasteiger partial charge in [0.2, 0.25) is 0 Å². The fraction of sp³-hybridized carbons (Fsp3) is 0.417. The van der Waals surface area contributed by atoms with Crippen molar-refractivity contribution in [3.63, 3.8) is 0 Å². The number of aromatic hydroxyl groups is 1. The van der Waals surface area contributed by atoms with Gasteiger partial charge in [-0.1, -0.05) is 0 Å². The summed E-state index contributed by atoms with van der Waals surface area (Å²) in [7, 11) is -3.03. The summed E-state index contributed by atoms with van der Waals surface area (Å²) in [5.74, 6) is -0.0192. The number of benzene rings is 1. The van der Waals surface area contributed by atoms with E-state index in [1.165, 1.54) is 24.3 Å². The van der Waals surface area contributed by atoms with Crippen molar-refractivity contribution in [2.75, 3.05) is 12.3 Å². The first-order valence-electron chi connectivity index (χ1n) is 5.78. The summed E-state index contributed by atoms with van der Waals surface area (Å²) in [4.78, 5) is 11.7. The molecule has 1 saturated heterocycles. The molecule has 0 aromatic heterocycles. The van der Waals surface area contributed by atoms with Crippen molar-refractivity contribution in [1.29, 1.82) is 0 Å². The Labute approximate surface area is 106 Å². The van der Waals surface area contributed by atoms with E-state index in [0.717, 1.165) is 0 Å². The molecule has 98 valence electrons. The van der Waals surface area contributed by atoms with Crippen LogP contribution in [0.25, 0.3) is 0 Å². The van der Waals surface area contributed by atoms with Gasteiger partial charge in [-0.15, -0.1) is 0 Å². The summed E-state index contributed by atoms with van der Waals surface area (Å²) in [6, 6.07) is 5.82. The third kappa shape index (κ3) is 2.81. The van der Waals surface area contributed by atoms with Crippen molar-refractivity contribution in [2.45, 2.75) is 18.1 Å². The molecule has 1 fully saturated rings. The highest BCUT2D eigenvalue weighted by molar-refractivity contribution is 7.92. The van der Waals surface area contributed by atoms with Gasteiger partial charge < -0.3 is 10.4 Å². The quantitative estimate of drug-likeness (QED) is 0.846. The summed E-state index contributed by atoms with van der Waals surface area (Å²) in [5, 5.41) is 11.3. The van der Waals surface area contributed by atoms with Gasteiger partial charge in [0.05, 0.1) is 11.0 Å². The Hall–Kier alpha value is -1.56. The number of rotatable bonds is 3. The predicted molar refractivity (Wildman–Crippen MR) is 67.2 cm³/mol. The fourth-order valence-corrected chi connectivity index (χ4v) is 3.77. The first-order chi connectivity index (χ1) is 8.49. The van der Waals surface area contributed by atoms with E-state index < -0.39 is 15.1 Å². The van der Waals surface area contributed by atoms with E-state index in [-0.39, 0.29) is 24.0 Å². The lowest BCUT2D eigenvalue weighted by molar-refractivity contribution is 0.0953. The van der Waals surface area contributed by atoms with Crippen molar-refractivity contribution in [3.05, 3.63) is 29.8 Å². The van der Waals surface area contributed by atoms with Crippen LogP contribution in [0.1, 0.15) is 23.2 Å². The lowest BCUT2D eigenvalue weighted by Crippen LogP contribution is -2.34. The molecule has 1 atom stereocenters. The number of phenols is 1. The van der Waals surface area contributed by atoms with Crippen molar-refractivity contribution in [3.8, 4) is 5.75 Å². The molecule has 1 aromatic rings. The second kappa shape index (κ2) is 4.97. The minimum atomic E-state index is -3.03. The van der Waals surface area contributed by atoms with E-state index in [4.69, 9.17) is 5.11 Å². The fourth-order valence-electron chi connectivity index (χ4n) is 2.01. The van der Waals surface area contributed by atoms with Gasteiger partial charge in [0.25, 0.3) is 5.91 Å². The maximum atomic E-state index is 11.7. The zero-order valence-electron chi connectivity index (χ0n) is 9.80. The molecule has 0 radical (unpaired) electrons. The smallest absolute Gasteiger partial charge is 0.251 e. The molecule has 0 aliphatic carbocycles. The van der Waals surface area contributed by atoms with Gasteiger partial charge in [-0.3, -0.25) is 4.79 Å². The van der Waals surface area contributed by atoms with Crippen molar-refractivity contribution in [1.82, 2.24) is 5.32 Å². The molecule has 5 nitrogen and oxygen atoms in total. The second-order valence-corrected chi connectivity index (χ2v) is 6.79. The number of sulfone groups is 1. The molecule has 2 rings (SSSR count). The van der Waals surface area contributed by atoms with Crippen LogP contribution in [0.5, 0.6) is 5.75 Å². The van der Waals surface area contributed by atoms with Gasteiger partial charge in [-0.05, 0) is 37.1 Å². The van der Waals surface area contributed by atoms with Gasteiger partial charge in [0, 0.05) is 12.1 Å². The molecule has 0 spiro atoms. The van der Waals surface area contributed by atoms with E-state index in [0.29, 0.717) is 18.4 Å². The predicted octanol–water partition coefficient (Wildman–Crippen LogP) is 0.699. The average molecular weight is 269 g/mol. The van der Waals surface area contributed by atoms with E-state index in [1.54, 1.807) is 0 Å². The Morgan fingerprint density at radius 3 is 2.56 bits per heavy atom. The number of nitrogens with one attached hydrogen (secondary N) is 1. The van der Waals surface area contributed by atoms with Crippen LogP contribution in [-0.4, -0.2) is 37.0 Å². The molecule has 0 bridgehead atoms. The highest BCUT2D eigenvalue weighted by atomic mass is 32.2. The van der Waals surface area contributed by atoms with Crippen molar-refractivity contribution < 1.29 is 18.3 Å². The van der Waals surface area contributed by atoms with Crippen LogP contribution in [0.2, 0.25) is 0 Å². The van der Waals surface area contributed by atoms with Crippen LogP contribution in [-0.2, 0) is 9.84 Å². The van der Waals surface area contributed by atoms with Crippen LogP contribution >= 0.6 is 0 Å². The molecule has 0 saturated carbocycles. The first-order valence-corrected chi connectivity index (χ1v) is 7.49. The minimum absolute atomic E-state index is 0.0879. The lowest BCUT2D eigenvalue weighted by atomic mass is 10.2. The molecule has 1 heterocycles. The molecular weight excluding hydrogens is 254 g/mol. The highest BCUT2D eigenvalue weighted by Crippen LogP contribution is 2.19. The molecular formula is C12H15NO4S. The normalized spacial score (nSPS) is 21.7. The number of carbonyl (C=O) groups excluding carboxylic acids is 1. The number of carbonyl (C=O) groups is 1. The molecule has 6 heteroatoms. The average Bonchev–Trinajstić information content (AvgIpc) is 2.66. The lowest BCUT2D eigenvalue weighted by Gasteiger charge is -2.10. The van der Waals surface area contributed by atoms with E-state index >= 15 is 0 Å². The van der Waals surface area contributed by atoms with Crippen LogP contribution in [0.4, 0.5) is 0 Å². The molecule has 1 amide bonds. The molecule has 1 unspecified atom stereocenters. The molecule has 2 N–H and O–H groups in total. The summed E-state index contributed by atoms with van der Waals surface area (Å²) in [6.07, 6.45) is 1.28. The SMILES string of the molecule is O=C(NCC1CCCS1(=O)=O)c1ccc(O)cc1. The van der Waals surface area contributed by atoms with Gasteiger partial charge in [-0.2, -0.15) is 0 Å². The van der Waals surface area contributed by atoms with Crippen molar-refractivity contribution in [2.24, 2.45) is 0 Å². The number of amides is 1. The molecule has 18 heavy (non-hydrogen) atoms. The Kier molecular flexibility index (Phi) is 3.56. The summed E-state index contributed by atoms with van der Waals surface area (Å²) >= 11 is 0. The van der Waals surface area contributed by atoms with E-state index in [2.05, 4.69) is 5.32 Å². The Morgan fingerprint density at radius 1 is 1.33 bits per heavy atom. The number of hydrogen-bond donors (Lipinski definition) is 2. The van der Waals surface area contributed by atoms with Crippen LogP contribution in [0, 0.1) is 0 Å². The summed E-state index contributed by atoms with van der Waals surface area (Å²) < 4.78 is 23.1. The molecule has 1 aromatic carbocycles. The number of hydrogen-bond acceptors (Lipinski definition) is 4. The number of phenolic OH excluding ortho intramolecular Hbond substituents is 1. The second-order valence-electron chi connectivity index (χ2n) is 4.39. The third-order valence-corrected chi connectivity index (χ3v) is 5.36. The van der Waals surface area contributed by atoms with Crippen molar-refractivity contribution >= 4 is 15.7 Å². The zero-order chi connectivity index (χ0) is 13.2. The maximum absolute atomic E-state index is 11.7. The zero-order valence-corrected chi connectivity index (χ0v) is 10.6. The topological polar surface area (TPSA) is 83.5 Å². The Morgan fingerprint density at radius 2 is 2.00 bits per heavy atom. The van der Waals surface area contributed by atoms with Gasteiger partial charge >= 0.3 is 0 Å². The molecule has 1 aliphatic rings. The van der Waals surface area contributed by atoms with Gasteiger partial charge in [0.1, 0.15) is 5.75 Å². The van der Waals surface area contributed by atoms with Gasteiger partial charge in [-0.25, -0.2) is 8.42 Å². The Balaban J connectivity index is 1.95.